The molecule has 1 saturated heterocycles. The van der Waals surface area contributed by atoms with Gasteiger partial charge in [0.1, 0.15) is 11.9 Å². The van der Waals surface area contributed by atoms with Crippen molar-refractivity contribution in [2.45, 2.75) is 6.10 Å². The maximum absolute atomic E-state index is 13.0. The lowest BCUT2D eigenvalue weighted by atomic mass is 10.1. The van der Waals surface area contributed by atoms with Crippen molar-refractivity contribution in [2.75, 3.05) is 6.61 Å². The molecule has 0 N–H and O–H groups in total. The lowest BCUT2D eigenvalue weighted by Crippen LogP contribution is -1.88. The molecule has 1 atom stereocenters. The van der Waals surface area contributed by atoms with E-state index >= 15 is 0 Å². The first kappa shape index (κ1) is 7.25. The fraction of sp³-hybridized carbons (Fsp3) is 0.250. The molecule has 1 aromatic rings. The first-order chi connectivity index (χ1) is 5.29. The number of ether oxygens (including phenoxy) is 1. The summed E-state index contributed by atoms with van der Waals surface area (Å²) in [6.45, 7) is 0.638. The summed E-state index contributed by atoms with van der Waals surface area (Å²) in [6.07, 6.45) is -0.0226. The van der Waals surface area contributed by atoms with Crippen LogP contribution < -0.4 is 0 Å². The van der Waals surface area contributed by atoms with Crippen molar-refractivity contribution in [3.8, 4) is 0 Å². The van der Waals surface area contributed by atoms with Crippen LogP contribution in [0.15, 0.2) is 22.7 Å². The highest BCUT2D eigenvalue weighted by Gasteiger charge is 2.29. The predicted molar refractivity (Wildman–Crippen MR) is 42.8 cm³/mol. The number of hydrogen-bond donors (Lipinski definition) is 0. The van der Waals surface area contributed by atoms with Gasteiger partial charge in [0.2, 0.25) is 0 Å². The van der Waals surface area contributed by atoms with Crippen LogP contribution >= 0.6 is 15.9 Å². The van der Waals surface area contributed by atoms with Gasteiger partial charge in [-0.05, 0) is 12.1 Å². The van der Waals surface area contributed by atoms with Gasteiger partial charge in [0.15, 0.2) is 0 Å². The lowest BCUT2D eigenvalue weighted by molar-refractivity contribution is 0.407. The molecule has 2 rings (SSSR count). The summed E-state index contributed by atoms with van der Waals surface area (Å²) >= 11 is 3.27. The van der Waals surface area contributed by atoms with Gasteiger partial charge in [0.25, 0.3) is 0 Å². The Morgan fingerprint density at radius 2 is 2.27 bits per heavy atom. The Balaban J connectivity index is 2.48. The van der Waals surface area contributed by atoms with E-state index in [0.29, 0.717) is 12.2 Å². The summed E-state index contributed by atoms with van der Waals surface area (Å²) in [5, 5.41) is 0. The van der Waals surface area contributed by atoms with E-state index in [4.69, 9.17) is 4.74 Å². The molecular weight excluding hydrogens is 211 g/mol. The van der Waals surface area contributed by atoms with Gasteiger partial charge < -0.3 is 4.74 Å². The SMILES string of the molecule is Fc1cccc(Br)c1C1CO1. The summed E-state index contributed by atoms with van der Waals surface area (Å²) < 4.78 is 18.8. The molecule has 1 aliphatic rings. The molecule has 1 unspecified atom stereocenters. The average Bonchev–Trinajstić information content (AvgIpc) is 2.70. The third-order valence-corrected chi connectivity index (χ3v) is 2.35. The number of halogens is 2. The molecule has 0 aliphatic carbocycles. The molecule has 0 saturated carbocycles. The summed E-state index contributed by atoms with van der Waals surface area (Å²) in [7, 11) is 0. The van der Waals surface area contributed by atoms with Crippen molar-refractivity contribution < 1.29 is 9.13 Å². The Bertz CT molecular complexity index is 263. The summed E-state index contributed by atoms with van der Waals surface area (Å²) in [5.41, 5.74) is 0.646. The minimum Gasteiger partial charge on any atom is -0.368 e. The summed E-state index contributed by atoms with van der Waals surface area (Å²) in [4.78, 5) is 0. The van der Waals surface area contributed by atoms with Gasteiger partial charge in [0.05, 0.1) is 6.61 Å². The largest absolute Gasteiger partial charge is 0.368 e. The first-order valence-electron chi connectivity index (χ1n) is 3.34. The van der Waals surface area contributed by atoms with Crippen LogP contribution in [0.3, 0.4) is 0 Å². The Kier molecular flexibility index (Phi) is 1.69. The van der Waals surface area contributed by atoms with E-state index in [1.54, 1.807) is 6.07 Å². The molecule has 0 amide bonds. The molecule has 58 valence electrons. The standard InChI is InChI=1S/C8H6BrFO/c9-5-2-1-3-6(10)8(5)7-4-11-7/h1-3,7H,4H2. The van der Waals surface area contributed by atoms with Gasteiger partial charge in [-0.2, -0.15) is 0 Å². The minimum atomic E-state index is -0.193. The molecule has 0 bridgehead atoms. The third-order valence-electron chi connectivity index (χ3n) is 1.66. The summed E-state index contributed by atoms with van der Waals surface area (Å²) in [5.74, 6) is -0.193. The molecule has 11 heavy (non-hydrogen) atoms. The molecule has 0 radical (unpaired) electrons. The van der Waals surface area contributed by atoms with Gasteiger partial charge >= 0.3 is 0 Å². The molecule has 1 nitrogen and oxygen atoms in total. The first-order valence-corrected chi connectivity index (χ1v) is 4.14. The molecule has 1 aliphatic heterocycles. The molecule has 3 heteroatoms. The lowest BCUT2D eigenvalue weighted by Gasteiger charge is -2.00. The minimum absolute atomic E-state index is 0.0226. The predicted octanol–water partition coefficient (Wildman–Crippen LogP) is 2.66. The number of rotatable bonds is 1. The van der Waals surface area contributed by atoms with Crippen molar-refractivity contribution in [2.24, 2.45) is 0 Å². The maximum Gasteiger partial charge on any atom is 0.130 e. The van der Waals surface area contributed by atoms with E-state index in [-0.39, 0.29) is 11.9 Å². The Hall–Kier alpha value is -0.410. The fourth-order valence-corrected chi connectivity index (χ4v) is 1.63. The quantitative estimate of drug-likeness (QED) is 0.658. The van der Waals surface area contributed by atoms with E-state index in [2.05, 4.69) is 15.9 Å². The van der Waals surface area contributed by atoms with Gasteiger partial charge in [-0.15, -0.1) is 0 Å². The summed E-state index contributed by atoms with van der Waals surface area (Å²) in [6, 6.07) is 4.94. The molecule has 1 aromatic carbocycles. The van der Waals surface area contributed by atoms with Crippen LogP contribution in [0.5, 0.6) is 0 Å². The van der Waals surface area contributed by atoms with Gasteiger partial charge in [-0.3, -0.25) is 0 Å². The van der Waals surface area contributed by atoms with Gasteiger partial charge in [0, 0.05) is 10.0 Å². The van der Waals surface area contributed by atoms with Gasteiger partial charge in [-0.25, -0.2) is 4.39 Å². The van der Waals surface area contributed by atoms with E-state index in [1.165, 1.54) is 6.07 Å². The zero-order valence-electron chi connectivity index (χ0n) is 5.68. The Morgan fingerprint density at radius 3 is 2.82 bits per heavy atom. The van der Waals surface area contributed by atoms with Crippen LogP contribution in [-0.4, -0.2) is 6.61 Å². The van der Waals surface area contributed by atoms with Crippen molar-refractivity contribution >= 4 is 15.9 Å². The highest BCUT2D eigenvalue weighted by molar-refractivity contribution is 9.10. The smallest absolute Gasteiger partial charge is 0.130 e. The van der Waals surface area contributed by atoms with Crippen molar-refractivity contribution in [1.29, 1.82) is 0 Å². The fourth-order valence-electron chi connectivity index (χ4n) is 1.03. The van der Waals surface area contributed by atoms with E-state index in [1.807, 2.05) is 6.07 Å². The zero-order chi connectivity index (χ0) is 7.84. The van der Waals surface area contributed by atoms with Crippen LogP contribution in [0.2, 0.25) is 0 Å². The Labute approximate surface area is 72.3 Å². The van der Waals surface area contributed by atoms with Crippen LogP contribution in [-0.2, 0) is 4.74 Å². The van der Waals surface area contributed by atoms with E-state index in [0.717, 1.165) is 4.47 Å². The van der Waals surface area contributed by atoms with Crippen LogP contribution in [0, 0.1) is 5.82 Å². The van der Waals surface area contributed by atoms with Gasteiger partial charge in [-0.1, -0.05) is 22.0 Å². The third kappa shape index (κ3) is 1.30. The molecule has 0 spiro atoms. The van der Waals surface area contributed by atoms with E-state index in [9.17, 15) is 4.39 Å². The second-order valence-corrected chi connectivity index (χ2v) is 3.31. The molecule has 0 aromatic heterocycles. The maximum atomic E-state index is 13.0. The molecule has 1 heterocycles. The molecular formula is C8H6BrFO. The van der Waals surface area contributed by atoms with Crippen molar-refractivity contribution in [1.82, 2.24) is 0 Å². The van der Waals surface area contributed by atoms with Crippen LogP contribution in [0.1, 0.15) is 11.7 Å². The Morgan fingerprint density at radius 1 is 1.55 bits per heavy atom. The second-order valence-electron chi connectivity index (χ2n) is 2.46. The number of benzene rings is 1. The van der Waals surface area contributed by atoms with Crippen molar-refractivity contribution in [3.05, 3.63) is 34.1 Å². The molecule has 1 fully saturated rings. The average molecular weight is 217 g/mol. The van der Waals surface area contributed by atoms with Crippen molar-refractivity contribution in [3.63, 3.8) is 0 Å². The number of hydrogen-bond acceptors (Lipinski definition) is 1. The van der Waals surface area contributed by atoms with E-state index < -0.39 is 0 Å². The normalized spacial score (nSPS) is 21.8. The second kappa shape index (κ2) is 2.57. The zero-order valence-corrected chi connectivity index (χ0v) is 7.27. The van der Waals surface area contributed by atoms with Crippen LogP contribution in [0.25, 0.3) is 0 Å². The number of epoxide rings is 1. The topological polar surface area (TPSA) is 12.5 Å². The monoisotopic (exact) mass is 216 g/mol. The highest BCUT2D eigenvalue weighted by atomic mass is 79.9. The highest BCUT2D eigenvalue weighted by Crippen LogP contribution is 2.36. The van der Waals surface area contributed by atoms with Crippen LogP contribution in [0.4, 0.5) is 4.39 Å².